The lowest BCUT2D eigenvalue weighted by Crippen LogP contribution is -2.03. The van der Waals surface area contributed by atoms with Crippen molar-refractivity contribution in [2.75, 3.05) is 0 Å². The third-order valence-corrected chi connectivity index (χ3v) is 12.9. The Morgan fingerprint density at radius 2 is 1.31 bits per heavy atom. The molecule has 1 aliphatic heterocycles. The van der Waals surface area contributed by atoms with Gasteiger partial charge in [-0.3, -0.25) is 0 Å². The van der Waals surface area contributed by atoms with E-state index in [-0.39, 0.29) is 5.92 Å². The highest BCUT2D eigenvalue weighted by atomic mass is 16.5. The van der Waals surface area contributed by atoms with Crippen LogP contribution < -0.4 is 4.74 Å². The monoisotopic (exact) mass is 756 g/mol. The van der Waals surface area contributed by atoms with Gasteiger partial charge in [0.25, 0.3) is 0 Å². The number of rotatable bonds is 4. The van der Waals surface area contributed by atoms with Crippen LogP contribution in [0.1, 0.15) is 35.4 Å². The number of para-hydroxylation sites is 1. The average molecular weight is 757 g/mol. The molecule has 0 bridgehead atoms. The number of furan rings is 2. The van der Waals surface area contributed by atoms with Gasteiger partial charge in [-0.15, -0.1) is 0 Å². The fraction of sp³-hybridized carbons (Fsp3) is 0.0714. The van der Waals surface area contributed by atoms with Crippen molar-refractivity contribution >= 4 is 60.5 Å². The minimum Gasteiger partial charge on any atom is -0.461 e. The van der Waals surface area contributed by atoms with Crippen LogP contribution in [0.4, 0.5) is 0 Å². The van der Waals surface area contributed by atoms with E-state index in [1.807, 2.05) is 6.07 Å². The number of hydrogen-bond donors (Lipinski definition) is 0. The van der Waals surface area contributed by atoms with Crippen LogP contribution in [0, 0.1) is 0 Å². The zero-order valence-corrected chi connectivity index (χ0v) is 32.2. The van der Waals surface area contributed by atoms with Crippen LogP contribution in [0.25, 0.3) is 105 Å². The van der Waals surface area contributed by atoms with Gasteiger partial charge in [-0.25, -0.2) is 0 Å². The molecule has 0 amide bonds. The normalized spacial score (nSPS) is 15.5. The van der Waals surface area contributed by atoms with Gasteiger partial charge >= 0.3 is 0 Å². The van der Waals surface area contributed by atoms with E-state index >= 15 is 0 Å². The molecule has 3 aliphatic rings. The summed E-state index contributed by atoms with van der Waals surface area (Å²) < 4.78 is 20.1. The summed E-state index contributed by atoms with van der Waals surface area (Å²) in [5.41, 5.74) is 14.8. The predicted octanol–water partition coefficient (Wildman–Crippen LogP) is 15.6. The molecule has 3 heteroatoms. The van der Waals surface area contributed by atoms with E-state index in [4.69, 9.17) is 13.6 Å². The van der Waals surface area contributed by atoms with E-state index < -0.39 is 0 Å². The Kier molecular flexibility index (Phi) is 6.97. The van der Waals surface area contributed by atoms with Gasteiger partial charge in [0.05, 0.1) is 0 Å². The molecule has 0 spiro atoms. The van der Waals surface area contributed by atoms with Crippen molar-refractivity contribution in [3.8, 4) is 50.5 Å². The standard InChI is InChI=1S/C56H36O3/c1-2-13-33(14-3-1)34-15-12-16-37(29-34)55-54(47-31-46-40-18-9-10-23-48(40)57-50(46)32-51(47)59-55)53-43-21-6-4-19-41(43)52(42-20-5-7-22-44(42)53)36-26-27-38-35(30-36)25-28-45-39-17-8-11-24-49(39)58-56(38)45/h1-6,8-17,19-21,23-32,40H,7,18,22H2. The average Bonchev–Trinajstić information content (AvgIpc) is 3.98. The Morgan fingerprint density at radius 1 is 0.508 bits per heavy atom. The lowest BCUT2D eigenvalue weighted by atomic mass is 9.79. The predicted molar refractivity (Wildman–Crippen MR) is 243 cm³/mol. The fourth-order valence-corrected chi connectivity index (χ4v) is 10.2. The highest BCUT2D eigenvalue weighted by molar-refractivity contribution is 6.18. The summed E-state index contributed by atoms with van der Waals surface area (Å²) in [6.07, 6.45) is 14.0. The lowest BCUT2D eigenvalue weighted by Gasteiger charge is -2.24. The van der Waals surface area contributed by atoms with Gasteiger partial charge in [0.1, 0.15) is 34.0 Å². The summed E-state index contributed by atoms with van der Waals surface area (Å²) in [6, 6.07) is 52.6. The lowest BCUT2D eigenvalue weighted by molar-refractivity contribution is 0.425. The van der Waals surface area contributed by atoms with Crippen molar-refractivity contribution in [3.63, 3.8) is 0 Å². The molecule has 0 saturated carbocycles. The maximum atomic E-state index is 7.13. The van der Waals surface area contributed by atoms with Crippen LogP contribution in [-0.4, -0.2) is 0 Å². The number of benzene rings is 8. The third-order valence-electron chi connectivity index (χ3n) is 12.9. The van der Waals surface area contributed by atoms with Gasteiger partial charge in [0, 0.05) is 50.2 Å². The van der Waals surface area contributed by atoms with E-state index in [0.29, 0.717) is 0 Å². The van der Waals surface area contributed by atoms with E-state index in [1.165, 1.54) is 55.1 Å². The van der Waals surface area contributed by atoms with E-state index in [0.717, 1.165) is 91.5 Å². The van der Waals surface area contributed by atoms with Crippen molar-refractivity contribution in [1.82, 2.24) is 0 Å². The highest BCUT2D eigenvalue weighted by Gasteiger charge is 2.33. The topological polar surface area (TPSA) is 35.5 Å². The Balaban J connectivity index is 1.08. The molecule has 8 aromatic carbocycles. The summed E-state index contributed by atoms with van der Waals surface area (Å²) in [4.78, 5) is 0. The molecule has 3 heterocycles. The summed E-state index contributed by atoms with van der Waals surface area (Å²) >= 11 is 0. The van der Waals surface area contributed by atoms with E-state index in [2.05, 4.69) is 170 Å². The largest absolute Gasteiger partial charge is 0.461 e. The minimum absolute atomic E-state index is 0.205. The molecule has 2 aromatic heterocycles. The van der Waals surface area contributed by atoms with Crippen molar-refractivity contribution in [2.45, 2.75) is 25.2 Å². The first-order valence-corrected chi connectivity index (χ1v) is 20.6. The maximum Gasteiger partial charge on any atom is 0.143 e. The van der Waals surface area contributed by atoms with Gasteiger partial charge < -0.3 is 13.6 Å². The Morgan fingerprint density at radius 3 is 2.22 bits per heavy atom. The highest BCUT2D eigenvalue weighted by Crippen LogP contribution is 2.54. The molecule has 0 N–H and O–H groups in total. The van der Waals surface area contributed by atoms with Crippen molar-refractivity contribution in [2.24, 2.45) is 0 Å². The molecule has 0 radical (unpaired) electrons. The quantitative estimate of drug-likeness (QED) is 0.179. The van der Waals surface area contributed by atoms with Crippen LogP contribution in [0.2, 0.25) is 0 Å². The first kappa shape index (κ1) is 32.7. The van der Waals surface area contributed by atoms with Crippen molar-refractivity contribution in [3.05, 3.63) is 192 Å². The Hall–Kier alpha value is -7.36. The number of hydrogen-bond acceptors (Lipinski definition) is 3. The summed E-state index contributed by atoms with van der Waals surface area (Å²) in [6.45, 7) is 0. The molecular formula is C56H36O3. The SMILES string of the molecule is C1=CCC2C(=C1)Oc1cc3oc(-c4cccc(-c5ccccc5)c4)c(-c4c5c(c(-c6ccc7c(ccc8c9ccccc9oc78)c6)c6ccccc46)C=CCC5)c3cc12. The van der Waals surface area contributed by atoms with Gasteiger partial charge in [-0.1, -0.05) is 127 Å². The van der Waals surface area contributed by atoms with E-state index in [9.17, 15) is 0 Å². The second-order valence-electron chi connectivity index (χ2n) is 16.1. The van der Waals surface area contributed by atoms with Gasteiger partial charge in [0.2, 0.25) is 0 Å². The third kappa shape index (κ3) is 4.88. The zero-order chi connectivity index (χ0) is 38.6. The summed E-state index contributed by atoms with van der Waals surface area (Å²) in [7, 11) is 0. The van der Waals surface area contributed by atoms with Crippen LogP contribution in [0.15, 0.2) is 184 Å². The molecule has 1 atom stereocenters. The molecule has 3 nitrogen and oxygen atoms in total. The van der Waals surface area contributed by atoms with Gasteiger partial charge in [-0.2, -0.15) is 0 Å². The van der Waals surface area contributed by atoms with E-state index in [1.54, 1.807) is 0 Å². The molecule has 0 fully saturated rings. The molecule has 13 rings (SSSR count). The van der Waals surface area contributed by atoms with Crippen molar-refractivity contribution < 1.29 is 13.6 Å². The van der Waals surface area contributed by atoms with Gasteiger partial charge in [0.15, 0.2) is 0 Å². The smallest absolute Gasteiger partial charge is 0.143 e. The molecule has 2 aliphatic carbocycles. The van der Waals surface area contributed by atoms with Crippen LogP contribution >= 0.6 is 0 Å². The number of ether oxygens (including phenoxy) is 1. The Bertz CT molecular complexity index is 3500. The van der Waals surface area contributed by atoms with Gasteiger partial charge in [-0.05, 0) is 117 Å². The maximum absolute atomic E-state index is 7.13. The second kappa shape index (κ2) is 12.6. The van der Waals surface area contributed by atoms with Crippen molar-refractivity contribution in [1.29, 1.82) is 0 Å². The zero-order valence-electron chi connectivity index (χ0n) is 32.2. The summed E-state index contributed by atoms with van der Waals surface area (Å²) in [5, 5.41) is 8.17. The fourth-order valence-electron chi connectivity index (χ4n) is 10.2. The molecule has 0 saturated heterocycles. The number of fused-ring (bicyclic) bond motifs is 11. The molecule has 278 valence electrons. The minimum atomic E-state index is 0.205. The first-order chi connectivity index (χ1) is 29.2. The molecule has 10 aromatic rings. The molecule has 1 unspecified atom stereocenters. The van der Waals surface area contributed by atoms with Crippen LogP contribution in [0.3, 0.4) is 0 Å². The van der Waals surface area contributed by atoms with Crippen LogP contribution in [-0.2, 0) is 6.42 Å². The molecule has 59 heavy (non-hydrogen) atoms. The van der Waals surface area contributed by atoms with Crippen LogP contribution in [0.5, 0.6) is 5.75 Å². The first-order valence-electron chi connectivity index (χ1n) is 20.6. The number of allylic oxidation sites excluding steroid dienone is 5. The second-order valence-corrected chi connectivity index (χ2v) is 16.1. The molecular weight excluding hydrogens is 721 g/mol. The Labute approximate surface area is 340 Å². The summed E-state index contributed by atoms with van der Waals surface area (Å²) in [5.74, 6) is 3.00.